The zero-order chi connectivity index (χ0) is 21.8. The molecule has 4 rings (SSSR count). The fraction of sp³-hybridized carbons (Fsp3) is 0.760. The third-order valence-electron chi connectivity index (χ3n) is 8.18. The molecule has 1 aromatic rings. The molecule has 2 saturated heterocycles. The summed E-state index contributed by atoms with van der Waals surface area (Å²) in [4.78, 5) is 3.21. The van der Waals surface area contributed by atoms with Gasteiger partial charge in [-0.05, 0) is 112 Å². The van der Waals surface area contributed by atoms with Gasteiger partial charge in [0.25, 0.3) is 0 Å². The summed E-state index contributed by atoms with van der Waals surface area (Å²) in [6.07, 6.45) is 6.51. The van der Waals surface area contributed by atoms with E-state index in [2.05, 4.69) is 32.6 Å². The van der Waals surface area contributed by atoms with Crippen LogP contribution in [0.1, 0.15) is 74.3 Å². The molecule has 168 valence electrons. The summed E-state index contributed by atoms with van der Waals surface area (Å²) in [5.41, 5.74) is 6.07. The smallest absolute Gasteiger partial charge is 0.243 e. The summed E-state index contributed by atoms with van der Waals surface area (Å²) in [5.74, 6) is 0.834. The van der Waals surface area contributed by atoms with Crippen molar-refractivity contribution in [1.82, 2.24) is 9.21 Å². The fourth-order valence-electron chi connectivity index (χ4n) is 6.12. The fourth-order valence-corrected chi connectivity index (χ4v) is 8.12. The number of sulfonamides is 1. The van der Waals surface area contributed by atoms with Gasteiger partial charge in [0.05, 0.1) is 4.90 Å². The number of likely N-dealkylation sites (tertiary alicyclic amines) is 1. The van der Waals surface area contributed by atoms with Gasteiger partial charge in [-0.25, -0.2) is 8.42 Å². The number of hydrogen-bond acceptors (Lipinski definition) is 3. The van der Waals surface area contributed by atoms with Crippen LogP contribution in [0.5, 0.6) is 0 Å². The van der Waals surface area contributed by atoms with Crippen molar-refractivity contribution in [1.29, 1.82) is 0 Å². The second-order valence-corrected chi connectivity index (χ2v) is 12.9. The van der Waals surface area contributed by atoms with Gasteiger partial charge in [-0.3, -0.25) is 0 Å². The predicted octanol–water partition coefficient (Wildman–Crippen LogP) is 4.62. The van der Waals surface area contributed by atoms with Gasteiger partial charge in [0.1, 0.15) is 0 Å². The van der Waals surface area contributed by atoms with Crippen molar-refractivity contribution in [2.75, 3.05) is 26.2 Å². The van der Waals surface area contributed by atoms with E-state index < -0.39 is 10.0 Å². The molecular formula is C25H40N2O2S. The monoisotopic (exact) mass is 432 g/mol. The highest BCUT2D eigenvalue weighted by Gasteiger charge is 2.38. The normalized spacial score (nSPS) is 24.3. The third kappa shape index (κ3) is 3.86. The van der Waals surface area contributed by atoms with Crippen LogP contribution in [0.2, 0.25) is 0 Å². The van der Waals surface area contributed by atoms with Crippen LogP contribution >= 0.6 is 0 Å². The summed E-state index contributed by atoms with van der Waals surface area (Å²) < 4.78 is 29.3. The lowest BCUT2D eigenvalue weighted by molar-refractivity contribution is 0.101. The van der Waals surface area contributed by atoms with Crippen LogP contribution < -0.4 is 0 Å². The topological polar surface area (TPSA) is 40.6 Å². The van der Waals surface area contributed by atoms with Crippen molar-refractivity contribution in [3.05, 3.63) is 27.8 Å². The van der Waals surface area contributed by atoms with Gasteiger partial charge in [0.2, 0.25) is 10.0 Å². The lowest BCUT2D eigenvalue weighted by atomic mass is 9.90. The number of rotatable bonds is 3. The first-order chi connectivity index (χ1) is 14.0. The molecule has 0 aromatic heterocycles. The molecule has 0 spiro atoms. The lowest BCUT2D eigenvalue weighted by Gasteiger charge is -2.41. The molecule has 2 fully saturated rings. The van der Waals surface area contributed by atoms with Crippen LogP contribution in [0.4, 0.5) is 0 Å². The summed E-state index contributed by atoms with van der Waals surface area (Å²) in [5, 5.41) is 0. The van der Waals surface area contributed by atoms with Crippen molar-refractivity contribution in [3.63, 3.8) is 0 Å². The van der Waals surface area contributed by atoms with E-state index in [9.17, 15) is 8.42 Å². The van der Waals surface area contributed by atoms with E-state index in [0.29, 0.717) is 24.0 Å². The number of fused-ring (bicyclic) bond motifs is 1. The van der Waals surface area contributed by atoms with E-state index in [4.69, 9.17) is 0 Å². The van der Waals surface area contributed by atoms with Crippen molar-refractivity contribution in [2.24, 2.45) is 11.3 Å². The molecule has 2 aliphatic heterocycles. The van der Waals surface area contributed by atoms with Crippen molar-refractivity contribution in [2.45, 2.75) is 91.0 Å². The van der Waals surface area contributed by atoms with Crippen LogP contribution in [-0.2, 0) is 22.9 Å². The van der Waals surface area contributed by atoms with Gasteiger partial charge >= 0.3 is 0 Å². The van der Waals surface area contributed by atoms with Crippen molar-refractivity contribution >= 4 is 10.0 Å². The summed E-state index contributed by atoms with van der Waals surface area (Å²) in [6.45, 7) is 16.8. The van der Waals surface area contributed by atoms with Gasteiger partial charge in [0, 0.05) is 19.1 Å². The van der Waals surface area contributed by atoms with Gasteiger partial charge < -0.3 is 4.90 Å². The highest BCUT2D eigenvalue weighted by atomic mass is 32.2. The van der Waals surface area contributed by atoms with Crippen LogP contribution in [0, 0.1) is 32.1 Å². The first kappa shape index (κ1) is 22.3. The predicted molar refractivity (Wildman–Crippen MR) is 124 cm³/mol. The van der Waals surface area contributed by atoms with Crippen LogP contribution in [0.25, 0.3) is 0 Å². The average Bonchev–Trinajstić information content (AvgIpc) is 3.03. The maximum Gasteiger partial charge on any atom is 0.243 e. The van der Waals surface area contributed by atoms with Crippen LogP contribution in [0.3, 0.4) is 0 Å². The highest BCUT2D eigenvalue weighted by molar-refractivity contribution is 7.89. The Kier molecular flexibility index (Phi) is 5.87. The first-order valence-corrected chi connectivity index (χ1v) is 13.3. The maximum atomic E-state index is 13.8. The van der Waals surface area contributed by atoms with E-state index in [0.717, 1.165) is 42.7 Å². The second kappa shape index (κ2) is 7.90. The molecule has 2 heterocycles. The Bertz CT molecular complexity index is 919. The number of benzene rings is 1. The molecule has 0 bridgehead atoms. The first-order valence-electron chi connectivity index (χ1n) is 11.9. The SMILES string of the molecule is Cc1c(C)c(S(=O)(=O)N2CCC(N3CCC(C)CC3)CC2)c(C)c2c1CC(C)(C)C2. The third-order valence-corrected chi connectivity index (χ3v) is 10.4. The summed E-state index contributed by atoms with van der Waals surface area (Å²) >= 11 is 0. The largest absolute Gasteiger partial charge is 0.300 e. The summed E-state index contributed by atoms with van der Waals surface area (Å²) in [6, 6.07) is 0.550. The molecule has 1 aromatic carbocycles. The Morgan fingerprint density at radius 1 is 0.800 bits per heavy atom. The minimum Gasteiger partial charge on any atom is -0.300 e. The molecule has 4 nitrogen and oxygen atoms in total. The summed E-state index contributed by atoms with van der Waals surface area (Å²) in [7, 11) is -3.45. The maximum absolute atomic E-state index is 13.8. The van der Waals surface area contributed by atoms with Crippen molar-refractivity contribution < 1.29 is 8.42 Å². The highest BCUT2D eigenvalue weighted by Crippen LogP contribution is 2.43. The van der Waals surface area contributed by atoms with Gasteiger partial charge in [0.15, 0.2) is 0 Å². The molecule has 0 radical (unpaired) electrons. The molecule has 3 aliphatic rings. The Morgan fingerprint density at radius 2 is 1.33 bits per heavy atom. The van der Waals surface area contributed by atoms with E-state index >= 15 is 0 Å². The molecule has 5 heteroatoms. The molecule has 0 atom stereocenters. The number of piperidine rings is 2. The Morgan fingerprint density at radius 3 is 1.90 bits per heavy atom. The van der Waals surface area contributed by atoms with E-state index in [-0.39, 0.29) is 5.41 Å². The molecule has 0 N–H and O–H groups in total. The lowest BCUT2D eigenvalue weighted by Crippen LogP contribution is -2.49. The van der Waals surface area contributed by atoms with Crippen LogP contribution in [-0.4, -0.2) is 49.8 Å². The molecule has 30 heavy (non-hydrogen) atoms. The van der Waals surface area contributed by atoms with Gasteiger partial charge in [-0.1, -0.05) is 20.8 Å². The molecule has 0 amide bonds. The minimum atomic E-state index is -3.45. The Balaban J connectivity index is 1.56. The quantitative estimate of drug-likeness (QED) is 0.700. The van der Waals surface area contributed by atoms with E-state index in [1.807, 2.05) is 13.8 Å². The molecule has 0 unspecified atom stereocenters. The standard InChI is InChI=1S/C25H40N2O2S/c1-17-7-11-26(12-8-17)21-9-13-27(14-10-21)30(28,29)24-19(3)18(2)22-15-25(5,6)16-23(22)20(24)4/h17,21H,7-16H2,1-6H3. The number of hydrogen-bond donors (Lipinski definition) is 0. The van der Waals surface area contributed by atoms with Gasteiger partial charge in [-0.15, -0.1) is 0 Å². The zero-order valence-corrected chi connectivity index (χ0v) is 20.7. The second-order valence-electron chi connectivity index (χ2n) is 11.0. The van der Waals surface area contributed by atoms with Crippen molar-refractivity contribution in [3.8, 4) is 0 Å². The number of nitrogens with zero attached hydrogens (tertiary/aromatic N) is 2. The Hall–Kier alpha value is -0.910. The average molecular weight is 433 g/mol. The molecule has 0 saturated carbocycles. The van der Waals surface area contributed by atoms with E-state index in [1.165, 1.54) is 42.6 Å². The Labute approximate surface area is 184 Å². The molecular weight excluding hydrogens is 392 g/mol. The van der Waals surface area contributed by atoms with Crippen LogP contribution in [0.15, 0.2) is 4.90 Å². The minimum absolute atomic E-state index is 0.219. The van der Waals surface area contributed by atoms with E-state index in [1.54, 1.807) is 4.31 Å². The van der Waals surface area contributed by atoms with Gasteiger partial charge in [-0.2, -0.15) is 4.31 Å². The molecule has 1 aliphatic carbocycles. The zero-order valence-electron chi connectivity index (χ0n) is 19.8.